The Morgan fingerprint density at radius 2 is 1.81 bits per heavy atom. The van der Waals surface area contributed by atoms with Gasteiger partial charge in [-0.2, -0.15) is 0 Å². The highest BCUT2D eigenvalue weighted by Crippen LogP contribution is 2.20. The molecule has 1 atom stereocenters. The maximum atomic E-state index is 12.7. The lowest BCUT2D eigenvalue weighted by atomic mass is 10.1. The Bertz CT molecular complexity index is 637. The molecule has 6 heteroatoms. The van der Waals surface area contributed by atoms with Crippen LogP contribution in [-0.4, -0.2) is 67.5 Å². The van der Waals surface area contributed by atoms with Crippen LogP contribution in [0.1, 0.15) is 36.7 Å². The summed E-state index contributed by atoms with van der Waals surface area (Å²) in [5, 5.41) is 3.03. The fraction of sp³-hybridized carbons (Fsp3) is 0.600. The predicted octanol–water partition coefficient (Wildman–Crippen LogP) is 1.92. The van der Waals surface area contributed by atoms with Crippen LogP contribution in [0.5, 0.6) is 5.75 Å². The van der Waals surface area contributed by atoms with E-state index in [0.717, 1.165) is 11.3 Å². The van der Waals surface area contributed by atoms with Crippen molar-refractivity contribution in [3.8, 4) is 5.75 Å². The molecule has 0 aromatic heterocycles. The highest BCUT2D eigenvalue weighted by atomic mass is 16.5. The van der Waals surface area contributed by atoms with Crippen molar-refractivity contribution in [2.75, 3.05) is 39.8 Å². The molecule has 2 amide bonds. The van der Waals surface area contributed by atoms with Crippen molar-refractivity contribution in [1.29, 1.82) is 0 Å². The van der Waals surface area contributed by atoms with Crippen LogP contribution in [-0.2, 0) is 4.79 Å². The highest BCUT2D eigenvalue weighted by Gasteiger charge is 2.24. The van der Waals surface area contributed by atoms with Gasteiger partial charge in [0.05, 0.1) is 13.7 Å². The third kappa shape index (κ3) is 5.21. The Labute approximate surface area is 156 Å². The zero-order chi connectivity index (χ0) is 19.3. The molecule has 26 heavy (non-hydrogen) atoms. The van der Waals surface area contributed by atoms with E-state index >= 15 is 0 Å². The molecule has 1 unspecified atom stereocenters. The van der Waals surface area contributed by atoms with Gasteiger partial charge in [-0.15, -0.1) is 0 Å². The summed E-state index contributed by atoms with van der Waals surface area (Å²) in [6.07, 6.45) is 0. The highest BCUT2D eigenvalue weighted by molar-refractivity contribution is 5.94. The summed E-state index contributed by atoms with van der Waals surface area (Å²) in [5.41, 5.74) is 1.65. The fourth-order valence-electron chi connectivity index (χ4n) is 2.91. The summed E-state index contributed by atoms with van der Waals surface area (Å²) in [5.74, 6) is 1.21. The number of carbonyl (C=O) groups is 2. The molecular formula is C20H31N3O3. The lowest BCUT2D eigenvalue weighted by molar-refractivity contribution is -0.123. The first kappa shape index (κ1) is 20.2. The number of aryl methyl sites for hydroxylation is 1. The van der Waals surface area contributed by atoms with Crippen molar-refractivity contribution >= 4 is 11.8 Å². The van der Waals surface area contributed by atoms with E-state index in [-0.39, 0.29) is 17.9 Å². The number of rotatable bonds is 6. The molecule has 144 valence electrons. The van der Waals surface area contributed by atoms with E-state index in [1.54, 1.807) is 13.2 Å². The minimum atomic E-state index is 0.0147. The van der Waals surface area contributed by atoms with Crippen LogP contribution in [0, 0.1) is 12.8 Å². The van der Waals surface area contributed by atoms with Gasteiger partial charge in [-0.3, -0.25) is 14.5 Å². The van der Waals surface area contributed by atoms with Crippen molar-refractivity contribution < 1.29 is 14.3 Å². The van der Waals surface area contributed by atoms with Crippen LogP contribution in [0.4, 0.5) is 0 Å². The Morgan fingerprint density at radius 1 is 1.15 bits per heavy atom. The summed E-state index contributed by atoms with van der Waals surface area (Å²) >= 11 is 0. The van der Waals surface area contributed by atoms with E-state index in [9.17, 15) is 9.59 Å². The van der Waals surface area contributed by atoms with Crippen molar-refractivity contribution in [2.45, 2.75) is 33.7 Å². The van der Waals surface area contributed by atoms with E-state index in [0.29, 0.717) is 44.2 Å². The fourth-order valence-corrected chi connectivity index (χ4v) is 2.91. The topological polar surface area (TPSA) is 61.9 Å². The molecule has 0 spiro atoms. The number of hydrogen-bond donors (Lipinski definition) is 1. The number of carbonyl (C=O) groups excluding carboxylic acids is 2. The molecule has 1 N–H and O–H groups in total. The van der Waals surface area contributed by atoms with E-state index in [1.807, 2.05) is 30.9 Å². The molecular weight excluding hydrogens is 330 g/mol. The molecule has 1 heterocycles. The number of hydrogen-bond acceptors (Lipinski definition) is 4. The second kappa shape index (κ2) is 9.03. The third-order valence-electron chi connectivity index (χ3n) is 5.07. The first-order valence-electron chi connectivity index (χ1n) is 9.27. The Kier molecular flexibility index (Phi) is 7.03. The van der Waals surface area contributed by atoms with Gasteiger partial charge in [-0.25, -0.2) is 0 Å². The van der Waals surface area contributed by atoms with Gasteiger partial charge in [-0.05, 0) is 37.5 Å². The second-order valence-electron chi connectivity index (χ2n) is 7.35. The van der Waals surface area contributed by atoms with Crippen molar-refractivity contribution in [3.05, 3.63) is 29.3 Å². The van der Waals surface area contributed by atoms with Crippen molar-refractivity contribution in [2.24, 2.45) is 5.92 Å². The number of nitrogens with zero attached hydrogens (tertiary/aromatic N) is 2. The molecule has 1 fully saturated rings. The number of benzene rings is 1. The summed E-state index contributed by atoms with van der Waals surface area (Å²) in [4.78, 5) is 28.8. The Balaban J connectivity index is 1.86. The predicted molar refractivity (Wildman–Crippen MR) is 103 cm³/mol. The molecule has 1 saturated heterocycles. The monoisotopic (exact) mass is 361 g/mol. The maximum absolute atomic E-state index is 12.7. The summed E-state index contributed by atoms with van der Waals surface area (Å²) in [6, 6.07) is 5.71. The number of nitrogens with one attached hydrogen (secondary N) is 1. The number of methoxy groups -OCH3 is 1. The van der Waals surface area contributed by atoms with Gasteiger partial charge < -0.3 is 15.0 Å². The Hall–Kier alpha value is -2.08. The zero-order valence-electron chi connectivity index (χ0n) is 16.5. The lowest BCUT2D eigenvalue weighted by Gasteiger charge is -2.34. The average Bonchev–Trinajstić information content (AvgIpc) is 2.62. The molecule has 0 aliphatic carbocycles. The smallest absolute Gasteiger partial charge is 0.254 e. The lowest BCUT2D eigenvalue weighted by Crippen LogP contribution is -2.52. The summed E-state index contributed by atoms with van der Waals surface area (Å²) in [6.45, 7) is 11.2. The van der Waals surface area contributed by atoms with Gasteiger partial charge in [0.2, 0.25) is 5.91 Å². The van der Waals surface area contributed by atoms with Gasteiger partial charge in [0.15, 0.2) is 0 Å². The summed E-state index contributed by atoms with van der Waals surface area (Å²) in [7, 11) is 1.61. The third-order valence-corrected chi connectivity index (χ3v) is 5.07. The van der Waals surface area contributed by atoms with Crippen LogP contribution < -0.4 is 10.1 Å². The average molecular weight is 361 g/mol. The Morgan fingerprint density at radius 3 is 2.38 bits per heavy atom. The molecule has 6 nitrogen and oxygen atoms in total. The van der Waals surface area contributed by atoms with Crippen LogP contribution in [0.15, 0.2) is 18.2 Å². The molecule has 1 aliphatic rings. The molecule has 0 radical (unpaired) electrons. The first-order chi connectivity index (χ1) is 12.3. The SMILES string of the molecule is COc1cc(C(=O)N2CCN(CC(=O)NC(C)C(C)C)CC2)ccc1C. The number of ether oxygens (including phenoxy) is 1. The quantitative estimate of drug-likeness (QED) is 0.841. The van der Waals surface area contributed by atoms with Crippen LogP contribution in [0.2, 0.25) is 0 Å². The van der Waals surface area contributed by atoms with Gasteiger partial charge in [0.1, 0.15) is 5.75 Å². The normalized spacial score (nSPS) is 16.5. The zero-order valence-corrected chi connectivity index (χ0v) is 16.5. The standard InChI is InChI=1S/C20H31N3O3/c1-14(2)16(4)21-19(24)13-22-8-10-23(11-9-22)20(25)17-7-6-15(3)18(12-17)26-5/h6-7,12,14,16H,8-11,13H2,1-5H3,(H,21,24). The van der Waals surface area contributed by atoms with Crippen molar-refractivity contribution in [1.82, 2.24) is 15.1 Å². The van der Waals surface area contributed by atoms with Crippen molar-refractivity contribution in [3.63, 3.8) is 0 Å². The number of amides is 2. The van der Waals surface area contributed by atoms with Crippen LogP contribution >= 0.6 is 0 Å². The maximum Gasteiger partial charge on any atom is 0.254 e. The van der Waals surface area contributed by atoms with Crippen LogP contribution in [0.25, 0.3) is 0 Å². The van der Waals surface area contributed by atoms with Crippen LogP contribution in [0.3, 0.4) is 0 Å². The van der Waals surface area contributed by atoms with Gasteiger partial charge in [0.25, 0.3) is 5.91 Å². The molecule has 1 aliphatic heterocycles. The molecule has 1 aromatic rings. The van der Waals surface area contributed by atoms with E-state index < -0.39 is 0 Å². The van der Waals surface area contributed by atoms with Gasteiger partial charge in [0, 0.05) is 37.8 Å². The van der Waals surface area contributed by atoms with E-state index in [2.05, 4.69) is 24.1 Å². The second-order valence-corrected chi connectivity index (χ2v) is 7.35. The minimum absolute atomic E-state index is 0.0147. The summed E-state index contributed by atoms with van der Waals surface area (Å²) < 4.78 is 5.31. The van der Waals surface area contributed by atoms with Gasteiger partial charge in [-0.1, -0.05) is 19.9 Å². The number of piperazine rings is 1. The molecule has 2 rings (SSSR count). The first-order valence-corrected chi connectivity index (χ1v) is 9.27. The molecule has 1 aromatic carbocycles. The van der Waals surface area contributed by atoms with E-state index in [4.69, 9.17) is 4.74 Å². The molecule has 0 saturated carbocycles. The minimum Gasteiger partial charge on any atom is -0.496 e. The van der Waals surface area contributed by atoms with E-state index in [1.165, 1.54) is 0 Å². The molecule has 0 bridgehead atoms. The largest absolute Gasteiger partial charge is 0.496 e. The van der Waals surface area contributed by atoms with Gasteiger partial charge >= 0.3 is 0 Å².